The summed E-state index contributed by atoms with van der Waals surface area (Å²) in [4.78, 5) is 4.58. The van der Waals surface area contributed by atoms with Crippen LogP contribution in [0.1, 0.15) is 11.1 Å². The van der Waals surface area contributed by atoms with Gasteiger partial charge < -0.3 is 4.74 Å². The monoisotopic (exact) mass is 347 g/mol. The summed E-state index contributed by atoms with van der Waals surface area (Å²) in [7, 11) is 1.66. The first-order chi connectivity index (χ1) is 9.74. The molecule has 0 aliphatic rings. The lowest BCUT2D eigenvalue weighted by Gasteiger charge is -2.09. The molecule has 0 spiro atoms. The molecule has 0 saturated carbocycles. The molecule has 2 aromatic carbocycles. The zero-order valence-electron chi connectivity index (χ0n) is 11.0. The number of benzene rings is 2. The second kappa shape index (κ2) is 7.31. The Labute approximate surface area is 132 Å². The van der Waals surface area contributed by atoms with Crippen LogP contribution in [-0.4, -0.2) is 24.7 Å². The molecule has 4 heteroatoms. The third-order valence-corrected chi connectivity index (χ3v) is 3.41. The molecular weight excluding hydrogens is 334 g/mol. The van der Waals surface area contributed by atoms with Crippen molar-refractivity contribution in [1.29, 1.82) is 0 Å². The molecule has 0 aromatic heterocycles. The average Bonchev–Trinajstić information content (AvgIpc) is 2.48. The molecule has 0 atom stereocenters. The summed E-state index contributed by atoms with van der Waals surface area (Å²) in [6.45, 7) is 0.508. The maximum absolute atomic E-state index is 5.28. The third-order valence-electron chi connectivity index (χ3n) is 2.77. The van der Waals surface area contributed by atoms with Gasteiger partial charge >= 0.3 is 0 Å². The molecule has 0 aliphatic carbocycles. The summed E-state index contributed by atoms with van der Waals surface area (Å²) in [6.07, 6.45) is 0. The molecule has 20 heavy (non-hydrogen) atoms. The van der Waals surface area contributed by atoms with E-state index in [1.807, 2.05) is 48.5 Å². The van der Waals surface area contributed by atoms with Crippen molar-refractivity contribution in [1.82, 2.24) is 0 Å². The number of rotatable bonds is 5. The summed E-state index contributed by atoms with van der Waals surface area (Å²) in [5, 5.41) is 1.62. The van der Waals surface area contributed by atoms with E-state index in [1.165, 1.54) is 0 Å². The van der Waals surface area contributed by atoms with Crippen molar-refractivity contribution >= 4 is 39.2 Å². The first-order valence-electron chi connectivity index (χ1n) is 6.13. The molecule has 0 N–H and O–H groups in total. The number of hydrogen-bond donors (Lipinski definition) is 0. The van der Waals surface area contributed by atoms with E-state index in [2.05, 4.69) is 20.9 Å². The van der Waals surface area contributed by atoms with Gasteiger partial charge in [-0.15, -0.1) is 0 Å². The number of nitrogens with zero attached hydrogens (tertiary/aromatic N) is 1. The number of thiocarbonyl (C=S) groups is 1. The molecule has 0 saturated heterocycles. The first kappa shape index (κ1) is 14.9. The van der Waals surface area contributed by atoms with E-state index in [1.54, 1.807) is 12.5 Å². The van der Waals surface area contributed by atoms with Crippen molar-refractivity contribution in [3.05, 3.63) is 64.1 Å². The predicted molar refractivity (Wildman–Crippen MR) is 91.3 cm³/mol. The van der Waals surface area contributed by atoms with Crippen LogP contribution in [0.15, 0.2) is 58.0 Å². The van der Waals surface area contributed by atoms with E-state index in [-0.39, 0.29) is 0 Å². The third kappa shape index (κ3) is 3.74. The molecule has 102 valence electrons. The van der Waals surface area contributed by atoms with E-state index in [0.717, 1.165) is 27.1 Å². The Hall–Kier alpha value is -1.52. The SMILES string of the molecule is COc1cccc(C(=NCC=S)c2cccc(Br)c2)c1. The molecular formula is C16H14BrNOS. The van der Waals surface area contributed by atoms with Gasteiger partial charge in [-0.1, -0.05) is 52.4 Å². The molecule has 2 aromatic rings. The Morgan fingerprint density at radius 3 is 2.55 bits per heavy atom. The maximum atomic E-state index is 5.28. The average molecular weight is 348 g/mol. The number of aliphatic imine (C=N–C) groups is 1. The topological polar surface area (TPSA) is 21.6 Å². The normalized spacial score (nSPS) is 11.2. The zero-order chi connectivity index (χ0) is 14.4. The largest absolute Gasteiger partial charge is 0.497 e. The number of halogens is 1. The van der Waals surface area contributed by atoms with Gasteiger partial charge in [-0.2, -0.15) is 0 Å². The molecule has 0 bridgehead atoms. The molecule has 2 rings (SSSR count). The number of methoxy groups -OCH3 is 1. The van der Waals surface area contributed by atoms with Gasteiger partial charge in [0, 0.05) is 21.0 Å². The zero-order valence-corrected chi connectivity index (χ0v) is 13.4. The van der Waals surface area contributed by atoms with Crippen LogP contribution in [0.2, 0.25) is 0 Å². The van der Waals surface area contributed by atoms with Crippen LogP contribution in [-0.2, 0) is 0 Å². The predicted octanol–water partition coefficient (Wildman–Crippen LogP) is 4.29. The Balaban J connectivity index is 2.49. The highest BCUT2D eigenvalue weighted by molar-refractivity contribution is 9.10. The van der Waals surface area contributed by atoms with E-state index >= 15 is 0 Å². The molecule has 0 unspecified atom stereocenters. The van der Waals surface area contributed by atoms with Crippen molar-refractivity contribution < 1.29 is 4.74 Å². The van der Waals surface area contributed by atoms with Crippen molar-refractivity contribution in [2.75, 3.05) is 13.7 Å². The smallest absolute Gasteiger partial charge is 0.119 e. The quantitative estimate of drug-likeness (QED) is 0.594. The van der Waals surface area contributed by atoms with Crippen LogP contribution in [0.4, 0.5) is 0 Å². The van der Waals surface area contributed by atoms with Crippen LogP contribution in [0, 0.1) is 0 Å². The molecule has 0 radical (unpaired) electrons. The Morgan fingerprint density at radius 1 is 1.20 bits per heavy atom. The van der Waals surface area contributed by atoms with Gasteiger partial charge in [-0.25, -0.2) is 0 Å². The highest BCUT2D eigenvalue weighted by atomic mass is 79.9. The second-order valence-electron chi connectivity index (χ2n) is 4.10. The molecule has 2 nitrogen and oxygen atoms in total. The molecule has 0 heterocycles. The molecule has 0 amide bonds. The van der Waals surface area contributed by atoms with Gasteiger partial charge in [0.2, 0.25) is 0 Å². The highest BCUT2D eigenvalue weighted by Gasteiger charge is 2.08. The fraction of sp³-hybridized carbons (Fsp3) is 0.125. The molecule has 0 fully saturated rings. The van der Waals surface area contributed by atoms with E-state index < -0.39 is 0 Å². The minimum absolute atomic E-state index is 0.508. The van der Waals surface area contributed by atoms with Crippen LogP contribution in [0.3, 0.4) is 0 Å². The fourth-order valence-corrected chi connectivity index (χ4v) is 2.36. The van der Waals surface area contributed by atoms with E-state index in [9.17, 15) is 0 Å². The minimum Gasteiger partial charge on any atom is -0.497 e. The number of ether oxygens (including phenoxy) is 1. The summed E-state index contributed by atoms with van der Waals surface area (Å²) in [5.74, 6) is 0.813. The van der Waals surface area contributed by atoms with Crippen LogP contribution in [0.5, 0.6) is 5.75 Å². The maximum Gasteiger partial charge on any atom is 0.119 e. The summed E-state index contributed by atoms with van der Waals surface area (Å²) in [6, 6.07) is 15.9. The Kier molecular flexibility index (Phi) is 5.44. The summed E-state index contributed by atoms with van der Waals surface area (Å²) < 4.78 is 6.30. The van der Waals surface area contributed by atoms with Gasteiger partial charge in [-0.3, -0.25) is 4.99 Å². The summed E-state index contributed by atoms with van der Waals surface area (Å²) >= 11 is 8.37. The lowest BCUT2D eigenvalue weighted by molar-refractivity contribution is 0.414. The standard InChI is InChI=1S/C16H14BrNOS/c1-19-15-7-3-5-13(11-15)16(18-8-9-20)12-4-2-6-14(17)10-12/h2-7,9-11H,8H2,1H3. The van der Waals surface area contributed by atoms with Crippen LogP contribution >= 0.6 is 28.1 Å². The van der Waals surface area contributed by atoms with E-state index in [0.29, 0.717) is 6.54 Å². The van der Waals surface area contributed by atoms with E-state index in [4.69, 9.17) is 17.0 Å². The number of hydrogen-bond acceptors (Lipinski definition) is 3. The fourth-order valence-electron chi connectivity index (χ4n) is 1.88. The molecule has 0 aliphatic heterocycles. The van der Waals surface area contributed by atoms with Gasteiger partial charge in [0.25, 0.3) is 0 Å². The van der Waals surface area contributed by atoms with Gasteiger partial charge in [0.05, 0.1) is 19.4 Å². The first-order valence-corrected chi connectivity index (χ1v) is 7.39. The summed E-state index contributed by atoms with van der Waals surface area (Å²) in [5.41, 5.74) is 2.97. The minimum atomic E-state index is 0.508. The lowest BCUT2D eigenvalue weighted by Crippen LogP contribution is -2.05. The Bertz CT molecular complexity index is 640. The van der Waals surface area contributed by atoms with Crippen molar-refractivity contribution in [2.24, 2.45) is 4.99 Å². The van der Waals surface area contributed by atoms with Crippen molar-refractivity contribution in [2.45, 2.75) is 0 Å². The van der Waals surface area contributed by atoms with Crippen LogP contribution < -0.4 is 4.74 Å². The second-order valence-corrected chi connectivity index (χ2v) is 5.35. The Morgan fingerprint density at radius 2 is 1.90 bits per heavy atom. The van der Waals surface area contributed by atoms with Gasteiger partial charge in [-0.05, 0) is 24.3 Å². The van der Waals surface area contributed by atoms with Crippen molar-refractivity contribution in [3.8, 4) is 5.75 Å². The van der Waals surface area contributed by atoms with Gasteiger partial charge in [0.1, 0.15) is 5.75 Å². The lowest BCUT2D eigenvalue weighted by atomic mass is 10.0. The van der Waals surface area contributed by atoms with Crippen LogP contribution in [0.25, 0.3) is 0 Å². The van der Waals surface area contributed by atoms with Gasteiger partial charge in [0.15, 0.2) is 0 Å². The van der Waals surface area contributed by atoms with Crippen molar-refractivity contribution in [3.63, 3.8) is 0 Å². The highest BCUT2D eigenvalue weighted by Crippen LogP contribution is 2.19.